The molecule has 142 valence electrons. The second-order valence-corrected chi connectivity index (χ2v) is 7.65. The van der Waals surface area contributed by atoms with Crippen molar-refractivity contribution < 1.29 is 9.21 Å². The SMILES string of the molecule is Cc1nnc(C(CC(C)C)NC(=O)CCc2csc(-c3cccnc3)n2)o1. The monoisotopic (exact) mass is 385 g/mol. The lowest BCUT2D eigenvalue weighted by Crippen LogP contribution is -2.30. The molecule has 1 unspecified atom stereocenters. The van der Waals surface area contributed by atoms with Crippen molar-refractivity contribution in [2.24, 2.45) is 5.92 Å². The minimum atomic E-state index is -0.264. The number of pyridine rings is 1. The predicted molar refractivity (Wildman–Crippen MR) is 103 cm³/mol. The lowest BCUT2D eigenvalue weighted by Gasteiger charge is -2.17. The number of rotatable bonds is 8. The third-order valence-electron chi connectivity index (χ3n) is 3.95. The van der Waals surface area contributed by atoms with Crippen LogP contribution in [0.3, 0.4) is 0 Å². The Labute approximate surface area is 162 Å². The van der Waals surface area contributed by atoms with Crippen molar-refractivity contribution in [3.8, 4) is 10.6 Å². The Morgan fingerprint density at radius 1 is 1.33 bits per heavy atom. The largest absolute Gasteiger partial charge is 0.423 e. The van der Waals surface area contributed by atoms with E-state index in [-0.39, 0.29) is 11.9 Å². The van der Waals surface area contributed by atoms with E-state index >= 15 is 0 Å². The Morgan fingerprint density at radius 2 is 2.19 bits per heavy atom. The van der Waals surface area contributed by atoms with Gasteiger partial charge in [0.2, 0.25) is 17.7 Å². The second-order valence-electron chi connectivity index (χ2n) is 6.79. The zero-order chi connectivity index (χ0) is 19.2. The molecule has 0 saturated carbocycles. The molecule has 27 heavy (non-hydrogen) atoms. The number of carbonyl (C=O) groups excluding carboxylic acids is 1. The smallest absolute Gasteiger partial charge is 0.238 e. The van der Waals surface area contributed by atoms with Crippen LogP contribution in [0.15, 0.2) is 34.3 Å². The normalized spacial score (nSPS) is 12.3. The van der Waals surface area contributed by atoms with Gasteiger partial charge in [0.25, 0.3) is 0 Å². The van der Waals surface area contributed by atoms with Crippen molar-refractivity contribution in [2.75, 3.05) is 0 Å². The molecule has 1 N–H and O–H groups in total. The molecule has 0 aromatic carbocycles. The Bertz CT molecular complexity index is 875. The van der Waals surface area contributed by atoms with Crippen molar-refractivity contribution in [2.45, 2.75) is 46.1 Å². The van der Waals surface area contributed by atoms with Crippen LogP contribution in [0.1, 0.15) is 50.2 Å². The molecule has 0 aliphatic rings. The topological polar surface area (TPSA) is 93.8 Å². The van der Waals surface area contributed by atoms with Gasteiger partial charge >= 0.3 is 0 Å². The van der Waals surface area contributed by atoms with E-state index in [1.807, 2.05) is 17.5 Å². The maximum Gasteiger partial charge on any atom is 0.238 e. The first-order chi connectivity index (χ1) is 13.0. The highest BCUT2D eigenvalue weighted by Gasteiger charge is 2.21. The summed E-state index contributed by atoms with van der Waals surface area (Å²) in [6.07, 6.45) is 5.21. The summed E-state index contributed by atoms with van der Waals surface area (Å²) in [5, 5.41) is 13.8. The third kappa shape index (κ3) is 5.43. The number of aromatic nitrogens is 4. The van der Waals surface area contributed by atoms with Crippen molar-refractivity contribution in [1.82, 2.24) is 25.5 Å². The average Bonchev–Trinajstić information content (AvgIpc) is 3.29. The first-order valence-corrected chi connectivity index (χ1v) is 9.83. The summed E-state index contributed by atoms with van der Waals surface area (Å²) < 4.78 is 5.51. The van der Waals surface area contributed by atoms with Crippen LogP contribution in [-0.4, -0.2) is 26.1 Å². The van der Waals surface area contributed by atoms with Gasteiger partial charge in [0.1, 0.15) is 11.0 Å². The van der Waals surface area contributed by atoms with E-state index < -0.39 is 0 Å². The summed E-state index contributed by atoms with van der Waals surface area (Å²) >= 11 is 1.56. The number of aryl methyl sites for hydroxylation is 2. The average molecular weight is 385 g/mol. The molecule has 0 aliphatic carbocycles. The van der Waals surface area contributed by atoms with Crippen LogP contribution in [0, 0.1) is 12.8 Å². The molecular weight excluding hydrogens is 362 g/mol. The summed E-state index contributed by atoms with van der Waals surface area (Å²) in [6.45, 7) is 5.93. The molecule has 1 atom stereocenters. The molecule has 0 bridgehead atoms. The van der Waals surface area contributed by atoms with Gasteiger partial charge in [0, 0.05) is 36.7 Å². The van der Waals surface area contributed by atoms with Crippen molar-refractivity contribution in [3.63, 3.8) is 0 Å². The predicted octanol–water partition coefficient (Wildman–Crippen LogP) is 3.73. The van der Waals surface area contributed by atoms with Crippen LogP contribution in [-0.2, 0) is 11.2 Å². The van der Waals surface area contributed by atoms with Gasteiger partial charge in [-0.15, -0.1) is 21.5 Å². The first kappa shape index (κ1) is 19.2. The standard InChI is InChI=1S/C19H23N5O2S/c1-12(2)9-16(18-24-23-13(3)26-18)22-17(25)7-6-15-11-27-19(21-15)14-5-4-8-20-10-14/h4-5,8,10-12,16H,6-7,9H2,1-3H3,(H,22,25). The number of nitrogens with zero attached hydrogens (tertiary/aromatic N) is 4. The first-order valence-electron chi connectivity index (χ1n) is 8.95. The number of hydrogen-bond donors (Lipinski definition) is 1. The number of thiazole rings is 1. The minimum absolute atomic E-state index is 0.0487. The summed E-state index contributed by atoms with van der Waals surface area (Å²) in [7, 11) is 0. The van der Waals surface area contributed by atoms with E-state index in [0.717, 1.165) is 22.7 Å². The van der Waals surface area contributed by atoms with Crippen LogP contribution in [0.2, 0.25) is 0 Å². The van der Waals surface area contributed by atoms with Gasteiger partial charge in [-0.1, -0.05) is 13.8 Å². The van der Waals surface area contributed by atoms with Crippen molar-refractivity contribution in [3.05, 3.63) is 47.4 Å². The quantitative estimate of drug-likeness (QED) is 0.635. The van der Waals surface area contributed by atoms with E-state index in [1.54, 1.807) is 30.7 Å². The summed E-state index contributed by atoms with van der Waals surface area (Å²) in [5.41, 5.74) is 1.89. The Morgan fingerprint density at radius 3 is 2.85 bits per heavy atom. The summed E-state index contributed by atoms with van der Waals surface area (Å²) in [4.78, 5) is 21.1. The van der Waals surface area contributed by atoms with Gasteiger partial charge in [0.05, 0.1) is 5.69 Å². The van der Waals surface area contributed by atoms with Gasteiger partial charge in [0.15, 0.2) is 0 Å². The maximum atomic E-state index is 12.4. The molecule has 3 aromatic heterocycles. The molecule has 0 spiro atoms. The Kier molecular flexibility index (Phi) is 6.28. The van der Waals surface area contributed by atoms with Crippen molar-refractivity contribution in [1.29, 1.82) is 0 Å². The highest BCUT2D eigenvalue weighted by atomic mass is 32.1. The number of nitrogens with one attached hydrogen (secondary N) is 1. The molecule has 3 heterocycles. The number of amides is 1. The Hall–Kier alpha value is -2.61. The van der Waals surface area contributed by atoms with Crippen LogP contribution in [0.5, 0.6) is 0 Å². The van der Waals surface area contributed by atoms with Crippen LogP contribution in [0.25, 0.3) is 10.6 Å². The lowest BCUT2D eigenvalue weighted by molar-refractivity contribution is -0.122. The van der Waals surface area contributed by atoms with Gasteiger partial charge in [-0.25, -0.2) is 4.98 Å². The van der Waals surface area contributed by atoms with Gasteiger partial charge in [-0.05, 0) is 30.9 Å². The lowest BCUT2D eigenvalue weighted by atomic mass is 10.0. The highest BCUT2D eigenvalue weighted by molar-refractivity contribution is 7.13. The van der Waals surface area contributed by atoms with Gasteiger partial charge < -0.3 is 9.73 Å². The summed E-state index contributed by atoms with van der Waals surface area (Å²) in [6, 6.07) is 3.60. The van der Waals surface area contributed by atoms with Crippen molar-refractivity contribution >= 4 is 17.2 Å². The number of carbonyl (C=O) groups is 1. The maximum absolute atomic E-state index is 12.4. The van der Waals surface area contributed by atoms with Crippen LogP contribution >= 0.6 is 11.3 Å². The molecule has 0 saturated heterocycles. The zero-order valence-corrected chi connectivity index (χ0v) is 16.5. The minimum Gasteiger partial charge on any atom is -0.423 e. The molecule has 0 fully saturated rings. The molecule has 0 aliphatic heterocycles. The molecule has 8 heteroatoms. The van der Waals surface area contributed by atoms with E-state index in [1.165, 1.54) is 0 Å². The fourth-order valence-corrected chi connectivity index (χ4v) is 3.54. The fraction of sp³-hybridized carbons (Fsp3) is 0.421. The molecule has 7 nitrogen and oxygen atoms in total. The van der Waals surface area contributed by atoms with Crippen LogP contribution in [0.4, 0.5) is 0 Å². The molecule has 1 amide bonds. The molecular formula is C19H23N5O2S. The van der Waals surface area contributed by atoms with E-state index in [4.69, 9.17) is 4.42 Å². The molecule has 3 rings (SSSR count). The van der Waals surface area contributed by atoms with E-state index in [2.05, 4.69) is 39.3 Å². The van der Waals surface area contributed by atoms with E-state index in [0.29, 0.717) is 30.5 Å². The van der Waals surface area contributed by atoms with Gasteiger partial charge in [-0.3, -0.25) is 9.78 Å². The van der Waals surface area contributed by atoms with Crippen LogP contribution < -0.4 is 5.32 Å². The van der Waals surface area contributed by atoms with E-state index in [9.17, 15) is 4.79 Å². The highest BCUT2D eigenvalue weighted by Crippen LogP contribution is 2.24. The fourth-order valence-electron chi connectivity index (χ4n) is 2.70. The second kappa shape index (κ2) is 8.85. The van der Waals surface area contributed by atoms with Gasteiger partial charge in [-0.2, -0.15) is 0 Å². The summed E-state index contributed by atoms with van der Waals surface area (Å²) in [5.74, 6) is 1.30. The third-order valence-corrected chi connectivity index (χ3v) is 4.89. The molecule has 0 radical (unpaired) electrons. The zero-order valence-electron chi connectivity index (χ0n) is 15.7. The Balaban J connectivity index is 1.57. The molecule has 3 aromatic rings. The number of hydrogen-bond acceptors (Lipinski definition) is 7.